The van der Waals surface area contributed by atoms with Crippen LogP contribution in [0.3, 0.4) is 0 Å². The van der Waals surface area contributed by atoms with Crippen molar-refractivity contribution in [1.82, 2.24) is 20.0 Å². The second-order valence-corrected chi connectivity index (χ2v) is 5.72. The van der Waals surface area contributed by atoms with Gasteiger partial charge in [-0.25, -0.2) is 0 Å². The number of nitrogens with zero attached hydrogens (tertiary/aromatic N) is 3. The SMILES string of the molecule is Cn1cc(CCNCC2CN3CCCC3CO2)cn1. The van der Waals surface area contributed by atoms with Crippen molar-refractivity contribution >= 4 is 0 Å². The first-order valence-corrected chi connectivity index (χ1v) is 7.35. The van der Waals surface area contributed by atoms with Gasteiger partial charge < -0.3 is 10.1 Å². The fourth-order valence-electron chi connectivity index (χ4n) is 3.11. The highest BCUT2D eigenvalue weighted by Gasteiger charge is 2.31. The Hall–Kier alpha value is -0.910. The van der Waals surface area contributed by atoms with E-state index in [2.05, 4.69) is 21.5 Å². The van der Waals surface area contributed by atoms with Crippen molar-refractivity contribution < 1.29 is 4.74 Å². The molecule has 0 saturated carbocycles. The van der Waals surface area contributed by atoms with E-state index in [4.69, 9.17) is 4.74 Å². The summed E-state index contributed by atoms with van der Waals surface area (Å²) in [6.07, 6.45) is 8.08. The number of aromatic nitrogens is 2. The molecule has 1 aromatic heterocycles. The normalized spacial score (nSPS) is 27.6. The van der Waals surface area contributed by atoms with Gasteiger partial charge in [0.1, 0.15) is 0 Å². The zero-order valence-electron chi connectivity index (χ0n) is 11.7. The van der Waals surface area contributed by atoms with Crippen molar-refractivity contribution in [3.63, 3.8) is 0 Å². The number of morpholine rings is 1. The Morgan fingerprint density at radius 2 is 2.47 bits per heavy atom. The van der Waals surface area contributed by atoms with Crippen molar-refractivity contribution in [3.8, 4) is 0 Å². The number of fused-ring (bicyclic) bond motifs is 1. The summed E-state index contributed by atoms with van der Waals surface area (Å²) in [4.78, 5) is 2.59. The molecular weight excluding hydrogens is 240 g/mol. The minimum absolute atomic E-state index is 0.364. The second kappa shape index (κ2) is 6.03. The Balaban J connectivity index is 1.34. The van der Waals surface area contributed by atoms with E-state index in [1.165, 1.54) is 24.9 Å². The van der Waals surface area contributed by atoms with Crippen molar-refractivity contribution in [2.45, 2.75) is 31.4 Å². The van der Waals surface area contributed by atoms with Gasteiger partial charge in [-0.2, -0.15) is 5.10 Å². The Bertz CT molecular complexity index is 406. The van der Waals surface area contributed by atoms with Gasteiger partial charge in [-0.05, 0) is 37.9 Å². The lowest BCUT2D eigenvalue weighted by molar-refractivity contribution is -0.0468. The van der Waals surface area contributed by atoms with Gasteiger partial charge in [0.25, 0.3) is 0 Å². The smallest absolute Gasteiger partial charge is 0.0826 e. The summed E-state index contributed by atoms with van der Waals surface area (Å²) in [5.41, 5.74) is 1.29. The van der Waals surface area contributed by atoms with Crippen LogP contribution in [0.5, 0.6) is 0 Å². The Morgan fingerprint density at radius 1 is 1.53 bits per heavy atom. The zero-order chi connectivity index (χ0) is 13.1. The van der Waals surface area contributed by atoms with Gasteiger partial charge in [-0.1, -0.05) is 0 Å². The van der Waals surface area contributed by atoms with Crippen LogP contribution in [0.25, 0.3) is 0 Å². The average Bonchev–Trinajstić information content (AvgIpc) is 3.03. The van der Waals surface area contributed by atoms with Crippen LogP contribution in [0.15, 0.2) is 12.4 Å². The predicted molar refractivity (Wildman–Crippen MR) is 74.1 cm³/mol. The van der Waals surface area contributed by atoms with E-state index in [1.807, 2.05) is 17.9 Å². The average molecular weight is 264 g/mol. The van der Waals surface area contributed by atoms with E-state index in [-0.39, 0.29) is 0 Å². The third kappa shape index (κ3) is 3.35. The van der Waals surface area contributed by atoms with Gasteiger partial charge in [-0.15, -0.1) is 0 Å². The summed E-state index contributed by atoms with van der Waals surface area (Å²) >= 11 is 0. The lowest BCUT2D eigenvalue weighted by Crippen LogP contribution is -2.49. The molecule has 106 valence electrons. The molecule has 2 saturated heterocycles. The van der Waals surface area contributed by atoms with Crippen LogP contribution in [0.2, 0.25) is 0 Å². The molecule has 2 unspecified atom stereocenters. The monoisotopic (exact) mass is 264 g/mol. The lowest BCUT2D eigenvalue weighted by Gasteiger charge is -2.35. The number of hydrogen-bond acceptors (Lipinski definition) is 4. The molecule has 0 bridgehead atoms. The highest BCUT2D eigenvalue weighted by Crippen LogP contribution is 2.22. The third-order valence-corrected chi connectivity index (χ3v) is 4.18. The van der Waals surface area contributed by atoms with Crippen molar-refractivity contribution in [1.29, 1.82) is 0 Å². The van der Waals surface area contributed by atoms with Gasteiger partial charge in [-0.3, -0.25) is 9.58 Å². The molecule has 2 fully saturated rings. The highest BCUT2D eigenvalue weighted by molar-refractivity contribution is 5.03. The van der Waals surface area contributed by atoms with Crippen LogP contribution >= 0.6 is 0 Å². The molecular formula is C14H24N4O. The van der Waals surface area contributed by atoms with Gasteiger partial charge >= 0.3 is 0 Å². The molecule has 5 heteroatoms. The van der Waals surface area contributed by atoms with E-state index in [1.54, 1.807) is 0 Å². The van der Waals surface area contributed by atoms with Crippen molar-refractivity contribution in [2.24, 2.45) is 7.05 Å². The van der Waals surface area contributed by atoms with Crippen LogP contribution in [0.1, 0.15) is 18.4 Å². The number of aryl methyl sites for hydroxylation is 1. The number of rotatable bonds is 5. The molecule has 0 amide bonds. The molecule has 0 aliphatic carbocycles. The molecule has 3 rings (SSSR count). The van der Waals surface area contributed by atoms with E-state index >= 15 is 0 Å². The maximum absolute atomic E-state index is 5.93. The first-order chi connectivity index (χ1) is 9.31. The Kier molecular flexibility index (Phi) is 4.15. The van der Waals surface area contributed by atoms with Crippen LogP contribution in [0, 0.1) is 0 Å². The van der Waals surface area contributed by atoms with E-state index in [0.717, 1.165) is 32.7 Å². The van der Waals surface area contributed by atoms with Crippen LogP contribution in [-0.2, 0) is 18.2 Å². The van der Waals surface area contributed by atoms with E-state index in [0.29, 0.717) is 12.1 Å². The number of hydrogen-bond donors (Lipinski definition) is 1. The third-order valence-electron chi connectivity index (χ3n) is 4.18. The quantitative estimate of drug-likeness (QED) is 0.783. The molecule has 3 heterocycles. The first-order valence-electron chi connectivity index (χ1n) is 7.35. The molecule has 5 nitrogen and oxygen atoms in total. The van der Waals surface area contributed by atoms with Crippen LogP contribution in [-0.4, -0.2) is 59.6 Å². The summed E-state index contributed by atoms with van der Waals surface area (Å²) in [6, 6.07) is 0.701. The molecule has 2 aliphatic rings. The second-order valence-electron chi connectivity index (χ2n) is 5.72. The van der Waals surface area contributed by atoms with Crippen molar-refractivity contribution in [3.05, 3.63) is 18.0 Å². The molecule has 0 spiro atoms. The summed E-state index contributed by atoms with van der Waals surface area (Å²) < 4.78 is 7.78. The number of ether oxygens (including phenoxy) is 1. The number of nitrogens with one attached hydrogen (secondary N) is 1. The maximum Gasteiger partial charge on any atom is 0.0826 e. The minimum Gasteiger partial charge on any atom is -0.374 e. The van der Waals surface area contributed by atoms with E-state index < -0.39 is 0 Å². The van der Waals surface area contributed by atoms with Gasteiger partial charge in [0, 0.05) is 32.4 Å². The Morgan fingerprint density at radius 3 is 3.32 bits per heavy atom. The molecule has 0 radical (unpaired) electrons. The molecule has 1 aromatic rings. The van der Waals surface area contributed by atoms with Gasteiger partial charge in [0.05, 0.1) is 18.9 Å². The Labute approximate surface area is 114 Å². The topological polar surface area (TPSA) is 42.3 Å². The van der Waals surface area contributed by atoms with Crippen LogP contribution in [0.4, 0.5) is 0 Å². The lowest BCUT2D eigenvalue weighted by atomic mass is 10.2. The van der Waals surface area contributed by atoms with Crippen LogP contribution < -0.4 is 5.32 Å². The summed E-state index contributed by atoms with van der Waals surface area (Å²) in [5, 5.41) is 7.68. The maximum atomic E-state index is 5.93. The van der Waals surface area contributed by atoms with E-state index in [9.17, 15) is 0 Å². The summed E-state index contributed by atoms with van der Waals surface area (Å²) in [6.45, 7) is 5.25. The first kappa shape index (κ1) is 13.1. The standard InChI is InChI=1S/C14H24N4O/c1-17-9-12(7-16-17)4-5-15-8-14-10-18-6-2-3-13(18)11-19-14/h7,9,13-15H,2-6,8,10-11H2,1H3. The van der Waals surface area contributed by atoms with Gasteiger partial charge in [0.2, 0.25) is 0 Å². The molecule has 2 aliphatic heterocycles. The summed E-state index contributed by atoms with van der Waals surface area (Å²) in [7, 11) is 1.96. The molecule has 0 aromatic carbocycles. The fourth-order valence-corrected chi connectivity index (χ4v) is 3.11. The largest absolute Gasteiger partial charge is 0.374 e. The zero-order valence-corrected chi connectivity index (χ0v) is 11.7. The molecule has 2 atom stereocenters. The van der Waals surface area contributed by atoms with Gasteiger partial charge in [0.15, 0.2) is 0 Å². The highest BCUT2D eigenvalue weighted by atomic mass is 16.5. The minimum atomic E-state index is 0.364. The summed E-state index contributed by atoms with van der Waals surface area (Å²) in [5.74, 6) is 0. The fraction of sp³-hybridized carbons (Fsp3) is 0.786. The molecule has 1 N–H and O–H groups in total. The predicted octanol–water partition coefficient (Wildman–Crippen LogP) is 0.415. The molecule has 19 heavy (non-hydrogen) atoms. The van der Waals surface area contributed by atoms with Crippen molar-refractivity contribution in [2.75, 3.05) is 32.8 Å².